The minimum Gasteiger partial charge on any atom is -0.497 e. The molecule has 0 bridgehead atoms. The van der Waals surface area contributed by atoms with E-state index in [1.807, 2.05) is 30.3 Å². The van der Waals surface area contributed by atoms with Gasteiger partial charge in [-0.3, -0.25) is 0 Å². The van der Waals surface area contributed by atoms with Crippen LogP contribution in [0.1, 0.15) is 41.9 Å². The highest BCUT2D eigenvalue weighted by Gasteiger charge is 2.24. The fourth-order valence-electron chi connectivity index (χ4n) is 4.07. The normalized spacial score (nSPS) is 13.4. The molecule has 1 aliphatic heterocycles. The summed E-state index contributed by atoms with van der Waals surface area (Å²) in [7, 11) is 1.63. The smallest absolute Gasteiger partial charge is 0.358 e. The van der Waals surface area contributed by atoms with Crippen molar-refractivity contribution >= 4 is 11.7 Å². The molecule has 0 saturated carbocycles. The van der Waals surface area contributed by atoms with Crippen molar-refractivity contribution in [1.29, 1.82) is 0 Å². The van der Waals surface area contributed by atoms with E-state index in [4.69, 9.17) is 4.74 Å². The number of carboxylic acid groups (broad SMARTS) is 1. The van der Waals surface area contributed by atoms with Gasteiger partial charge in [-0.25, -0.2) is 9.48 Å². The van der Waals surface area contributed by atoms with Crippen molar-refractivity contribution in [1.82, 2.24) is 15.0 Å². The zero-order valence-corrected chi connectivity index (χ0v) is 17.5. The van der Waals surface area contributed by atoms with Crippen molar-refractivity contribution in [2.75, 3.05) is 18.6 Å². The first-order valence-corrected chi connectivity index (χ1v) is 10.2. The molecule has 0 fully saturated rings. The third-order valence-corrected chi connectivity index (χ3v) is 5.56. The third kappa shape index (κ3) is 3.75. The van der Waals surface area contributed by atoms with Gasteiger partial charge < -0.3 is 14.7 Å². The van der Waals surface area contributed by atoms with Gasteiger partial charge in [0.2, 0.25) is 0 Å². The van der Waals surface area contributed by atoms with Crippen LogP contribution in [0.3, 0.4) is 0 Å². The molecule has 3 aromatic rings. The summed E-state index contributed by atoms with van der Waals surface area (Å²) in [6.45, 7) is 5.86. The second-order valence-corrected chi connectivity index (χ2v) is 7.83. The molecule has 7 heteroatoms. The second-order valence-electron chi connectivity index (χ2n) is 7.83. The summed E-state index contributed by atoms with van der Waals surface area (Å²) in [5.74, 6) is -0.305. The first kappa shape index (κ1) is 19.9. The first-order chi connectivity index (χ1) is 14.5. The van der Waals surface area contributed by atoms with Crippen LogP contribution in [-0.4, -0.2) is 45.8 Å². The summed E-state index contributed by atoms with van der Waals surface area (Å²) in [5, 5.41) is 17.8. The lowest BCUT2D eigenvalue weighted by molar-refractivity contribution is 0.0691. The minimum atomic E-state index is -1.08. The van der Waals surface area contributed by atoms with E-state index < -0.39 is 5.97 Å². The van der Waals surface area contributed by atoms with Crippen molar-refractivity contribution in [3.05, 3.63) is 59.3 Å². The highest BCUT2D eigenvalue weighted by atomic mass is 16.5. The predicted molar refractivity (Wildman–Crippen MR) is 115 cm³/mol. The topological polar surface area (TPSA) is 80.5 Å². The lowest BCUT2D eigenvalue weighted by Gasteiger charge is -2.35. The molecule has 30 heavy (non-hydrogen) atoms. The van der Waals surface area contributed by atoms with E-state index in [0.29, 0.717) is 18.3 Å². The predicted octanol–water partition coefficient (Wildman–Crippen LogP) is 3.86. The van der Waals surface area contributed by atoms with Gasteiger partial charge >= 0.3 is 5.97 Å². The molecule has 0 spiro atoms. The van der Waals surface area contributed by atoms with Crippen LogP contribution in [0.4, 0.5) is 5.69 Å². The Morgan fingerprint density at radius 2 is 1.97 bits per heavy atom. The highest BCUT2D eigenvalue weighted by Crippen LogP contribution is 2.33. The van der Waals surface area contributed by atoms with E-state index in [-0.39, 0.29) is 5.69 Å². The number of nitrogens with zero attached hydrogens (tertiary/aromatic N) is 4. The van der Waals surface area contributed by atoms with Crippen molar-refractivity contribution in [2.45, 2.75) is 39.3 Å². The molecule has 0 unspecified atom stereocenters. The van der Waals surface area contributed by atoms with Gasteiger partial charge in [-0.2, -0.15) is 0 Å². The molecule has 4 rings (SSSR count). The number of aromatic carboxylic acids is 1. The van der Waals surface area contributed by atoms with Crippen LogP contribution in [0.15, 0.2) is 42.5 Å². The number of carboxylic acids is 1. The third-order valence-electron chi connectivity index (χ3n) is 5.56. The Morgan fingerprint density at radius 1 is 1.20 bits per heavy atom. The highest BCUT2D eigenvalue weighted by molar-refractivity contribution is 5.93. The Labute approximate surface area is 175 Å². The summed E-state index contributed by atoms with van der Waals surface area (Å²) in [4.78, 5) is 14.2. The summed E-state index contributed by atoms with van der Waals surface area (Å²) in [6, 6.07) is 14.2. The van der Waals surface area contributed by atoms with Crippen molar-refractivity contribution in [3.8, 4) is 17.0 Å². The molecular weight excluding hydrogens is 380 g/mol. The standard InChI is InChI=1S/C23H26N4O3/c1-15(2)26-12-4-5-17-13-18(8-11-20(17)26)22-21(23(28)29)24-25-27(22)14-16-6-9-19(30-3)10-7-16/h6-11,13,15H,4-5,12,14H2,1-3H3,(H,28,29). The molecule has 0 saturated heterocycles. The first-order valence-electron chi connectivity index (χ1n) is 10.2. The molecule has 0 amide bonds. The van der Waals surface area contributed by atoms with Gasteiger partial charge in [-0.05, 0) is 62.1 Å². The number of hydrogen-bond acceptors (Lipinski definition) is 5. The van der Waals surface area contributed by atoms with Crippen LogP contribution < -0.4 is 9.64 Å². The molecule has 156 valence electrons. The van der Waals surface area contributed by atoms with E-state index in [9.17, 15) is 9.90 Å². The van der Waals surface area contributed by atoms with Gasteiger partial charge in [-0.15, -0.1) is 5.10 Å². The van der Waals surface area contributed by atoms with Crippen LogP contribution in [-0.2, 0) is 13.0 Å². The lowest BCUT2D eigenvalue weighted by atomic mass is 9.96. The largest absolute Gasteiger partial charge is 0.497 e. The monoisotopic (exact) mass is 406 g/mol. The van der Waals surface area contributed by atoms with E-state index in [0.717, 1.165) is 36.3 Å². The number of benzene rings is 2. The number of rotatable bonds is 6. The molecule has 7 nitrogen and oxygen atoms in total. The molecule has 1 aromatic heterocycles. The number of fused-ring (bicyclic) bond motifs is 1. The Bertz CT molecular complexity index is 1060. The van der Waals surface area contributed by atoms with Crippen molar-refractivity contribution in [3.63, 3.8) is 0 Å². The number of anilines is 1. The molecular formula is C23H26N4O3. The van der Waals surface area contributed by atoms with Crippen LogP contribution in [0.5, 0.6) is 5.75 Å². The summed E-state index contributed by atoms with van der Waals surface area (Å²) in [6.07, 6.45) is 2.07. The summed E-state index contributed by atoms with van der Waals surface area (Å²) < 4.78 is 6.87. The Balaban J connectivity index is 1.74. The van der Waals surface area contributed by atoms with Crippen LogP contribution in [0.25, 0.3) is 11.3 Å². The van der Waals surface area contributed by atoms with Crippen molar-refractivity contribution in [2.24, 2.45) is 0 Å². The van der Waals surface area contributed by atoms with Gasteiger partial charge in [0, 0.05) is 23.8 Å². The molecule has 0 radical (unpaired) electrons. The van der Waals surface area contributed by atoms with Crippen molar-refractivity contribution < 1.29 is 14.6 Å². The molecule has 0 atom stereocenters. The van der Waals surface area contributed by atoms with Crippen LogP contribution in [0, 0.1) is 0 Å². The van der Waals surface area contributed by atoms with Gasteiger partial charge in [0.15, 0.2) is 5.69 Å². The molecule has 2 aromatic carbocycles. The average Bonchev–Trinajstić information content (AvgIpc) is 3.17. The fourth-order valence-corrected chi connectivity index (χ4v) is 4.07. The maximum absolute atomic E-state index is 11.8. The number of methoxy groups -OCH3 is 1. The second kappa shape index (κ2) is 8.18. The van der Waals surface area contributed by atoms with Gasteiger partial charge in [0.25, 0.3) is 0 Å². The van der Waals surface area contributed by atoms with E-state index in [1.54, 1.807) is 11.8 Å². The SMILES string of the molecule is COc1ccc(Cn2nnc(C(=O)O)c2-c2ccc3c(c2)CCCN3C(C)C)cc1. The zero-order chi connectivity index (χ0) is 21.3. The number of aromatic nitrogens is 3. The van der Waals surface area contributed by atoms with E-state index in [1.165, 1.54) is 11.3 Å². The lowest BCUT2D eigenvalue weighted by Crippen LogP contribution is -2.35. The number of ether oxygens (including phenoxy) is 1. The van der Waals surface area contributed by atoms with E-state index in [2.05, 4.69) is 41.2 Å². The molecule has 2 heterocycles. The quantitative estimate of drug-likeness (QED) is 0.670. The Kier molecular flexibility index (Phi) is 5.44. The summed E-state index contributed by atoms with van der Waals surface area (Å²) >= 11 is 0. The van der Waals surface area contributed by atoms with E-state index >= 15 is 0 Å². The number of carbonyl (C=O) groups is 1. The Morgan fingerprint density at radius 3 is 2.63 bits per heavy atom. The maximum Gasteiger partial charge on any atom is 0.358 e. The molecule has 1 aliphatic rings. The minimum absolute atomic E-state index is 0.0278. The average molecular weight is 406 g/mol. The fraction of sp³-hybridized carbons (Fsp3) is 0.348. The van der Waals surface area contributed by atoms with Crippen LogP contribution in [0.2, 0.25) is 0 Å². The molecule has 0 aliphatic carbocycles. The maximum atomic E-state index is 11.8. The van der Waals surface area contributed by atoms with Crippen LogP contribution >= 0.6 is 0 Å². The number of aryl methyl sites for hydroxylation is 1. The number of hydrogen-bond donors (Lipinski definition) is 1. The van der Waals surface area contributed by atoms with Gasteiger partial charge in [0.1, 0.15) is 11.4 Å². The van der Waals surface area contributed by atoms with Gasteiger partial charge in [0.05, 0.1) is 13.7 Å². The summed E-state index contributed by atoms with van der Waals surface area (Å²) in [5.41, 5.74) is 4.79. The Hall–Kier alpha value is -3.35. The molecule has 1 N–H and O–H groups in total. The zero-order valence-electron chi connectivity index (χ0n) is 17.5. The van der Waals surface area contributed by atoms with Gasteiger partial charge in [-0.1, -0.05) is 23.4 Å².